The number of hydrogen-bond acceptors (Lipinski definition) is 3. The van der Waals surface area contributed by atoms with Crippen molar-refractivity contribution in [2.45, 2.75) is 12.6 Å². The van der Waals surface area contributed by atoms with E-state index in [0.29, 0.717) is 6.07 Å². The number of hydrogen-bond donors (Lipinski definition) is 1. The maximum atomic E-state index is 12.4. The Morgan fingerprint density at radius 2 is 1.94 bits per heavy atom. The van der Waals surface area contributed by atoms with Gasteiger partial charge in [0.1, 0.15) is 0 Å². The van der Waals surface area contributed by atoms with Crippen LogP contribution in [0.3, 0.4) is 0 Å². The molecule has 0 fully saturated rings. The van der Waals surface area contributed by atoms with Crippen LogP contribution in [0.2, 0.25) is 0 Å². The fourth-order valence-corrected chi connectivity index (χ4v) is 1.08. The van der Waals surface area contributed by atoms with Gasteiger partial charge in [0.15, 0.2) is 5.69 Å². The summed E-state index contributed by atoms with van der Waals surface area (Å²) in [4.78, 5) is 2.93. The molecule has 0 amide bonds. The molecule has 0 aliphatic carbocycles. The summed E-state index contributed by atoms with van der Waals surface area (Å²) < 4.78 is 66.0. The van der Waals surface area contributed by atoms with Gasteiger partial charge < -0.3 is 10.5 Å². The molecule has 0 atom stereocenters. The molecule has 1 rings (SSSR count). The molecule has 0 saturated carbocycles. The first-order chi connectivity index (χ1) is 7.27. The second-order valence-electron chi connectivity index (χ2n) is 2.82. The van der Waals surface area contributed by atoms with E-state index in [1.165, 1.54) is 0 Å². The van der Waals surface area contributed by atoms with E-state index >= 15 is 0 Å². The molecule has 0 aliphatic heterocycles. The van der Waals surface area contributed by atoms with Gasteiger partial charge in [0.05, 0.1) is 18.4 Å². The van der Waals surface area contributed by atoms with Crippen molar-refractivity contribution in [1.29, 1.82) is 0 Å². The first kappa shape index (κ1) is 12.5. The number of nitrogen functional groups attached to an aromatic ring is 1. The van der Waals surface area contributed by atoms with Gasteiger partial charge in [-0.3, -0.25) is 0 Å². The number of methoxy groups -OCH3 is 1. The van der Waals surface area contributed by atoms with Crippen molar-refractivity contribution in [2.24, 2.45) is 0 Å². The molecule has 1 aromatic heterocycles. The lowest BCUT2D eigenvalue weighted by Crippen LogP contribution is -2.13. The summed E-state index contributed by atoms with van der Waals surface area (Å²) in [6, 6.07) is 0.513. The van der Waals surface area contributed by atoms with Crippen LogP contribution in [0, 0.1) is 0 Å². The van der Waals surface area contributed by atoms with Crippen molar-refractivity contribution in [1.82, 2.24) is 4.98 Å². The normalized spacial score (nSPS) is 11.9. The fraction of sp³-hybridized carbons (Fsp3) is 0.375. The number of aromatic nitrogens is 1. The van der Waals surface area contributed by atoms with Crippen molar-refractivity contribution in [3.63, 3.8) is 0 Å². The number of nitrogens with two attached hydrogens (primary N) is 1. The van der Waals surface area contributed by atoms with Crippen LogP contribution in [0.5, 0.6) is 5.88 Å². The van der Waals surface area contributed by atoms with Crippen LogP contribution >= 0.6 is 0 Å². The molecule has 0 saturated heterocycles. The summed E-state index contributed by atoms with van der Waals surface area (Å²) in [5, 5.41) is 0. The Morgan fingerprint density at radius 3 is 2.31 bits per heavy atom. The molecule has 0 aliphatic rings. The number of ether oxygens (including phenoxy) is 1. The predicted molar refractivity (Wildman–Crippen MR) is 45.2 cm³/mol. The Labute approximate surface area is 87.0 Å². The maximum Gasteiger partial charge on any atom is 0.435 e. The standard InChI is InChI=1S/C8H7F5N2O/c1-16-7-3(6(9)10)2-4(14)5(15-7)8(11,12)13/h2,6H,14H2,1H3. The van der Waals surface area contributed by atoms with Crippen LogP contribution in [-0.4, -0.2) is 12.1 Å². The van der Waals surface area contributed by atoms with E-state index in [2.05, 4.69) is 9.72 Å². The largest absolute Gasteiger partial charge is 0.481 e. The summed E-state index contributed by atoms with van der Waals surface area (Å²) in [5.74, 6) is -0.781. The van der Waals surface area contributed by atoms with Gasteiger partial charge in [-0.05, 0) is 6.07 Å². The van der Waals surface area contributed by atoms with Crippen molar-refractivity contribution < 1.29 is 26.7 Å². The number of anilines is 1. The second-order valence-corrected chi connectivity index (χ2v) is 2.82. The number of nitrogens with zero attached hydrogens (tertiary/aromatic N) is 1. The zero-order valence-corrected chi connectivity index (χ0v) is 7.98. The first-order valence-corrected chi connectivity index (χ1v) is 3.97. The minimum Gasteiger partial charge on any atom is -0.481 e. The van der Waals surface area contributed by atoms with Crippen LogP contribution in [-0.2, 0) is 6.18 Å². The second kappa shape index (κ2) is 4.11. The minimum absolute atomic E-state index is 0.513. The van der Waals surface area contributed by atoms with Crippen molar-refractivity contribution >= 4 is 5.69 Å². The van der Waals surface area contributed by atoms with Gasteiger partial charge in [0, 0.05) is 0 Å². The van der Waals surface area contributed by atoms with Crippen molar-refractivity contribution in [3.05, 3.63) is 17.3 Å². The van der Waals surface area contributed by atoms with Gasteiger partial charge in [-0.25, -0.2) is 13.8 Å². The fourth-order valence-electron chi connectivity index (χ4n) is 1.08. The summed E-state index contributed by atoms with van der Waals surface area (Å²) >= 11 is 0. The summed E-state index contributed by atoms with van der Waals surface area (Å²) in [6.07, 6.45) is -7.81. The molecule has 90 valence electrons. The van der Waals surface area contributed by atoms with Gasteiger partial charge in [-0.15, -0.1) is 0 Å². The molecule has 0 radical (unpaired) electrons. The quantitative estimate of drug-likeness (QED) is 0.811. The molecule has 0 aromatic carbocycles. The highest BCUT2D eigenvalue weighted by atomic mass is 19.4. The van der Waals surface area contributed by atoms with E-state index in [4.69, 9.17) is 5.73 Å². The molecule has 1 heterocycles. The van der Waals surface area contributed by atoms with Gasteiger partial charge in [-0.1, -0.05) is 0 Å². The Bertz CT molecular complexity index is 391. The molecule has 0 bridgehead atoms. The Kier molecular flexibility index (Phi) is 3.20. The van der Waals surface area contributed by atoms with E-state index in [1.807, 2.05) is 0 Å². The van der Waals surface area contributed by atoms with Gasteiger partial charge in [-0.2, -0.15) is 13.2 Å². The average Bonchev–Trinajstić information content (AvgIpc) is 2.15. The van der Waals surface area contributed by atoms with E-state index in [9.17, 15) is 22.0 Å². The predicted octanol–water partition coefficient (Wildman–Crippen LogP) is 2.63. The Morgan fingerprint density at radius 1 is 1.38 bits per heavy atom. The number of pyridine rings is 1. The highest BCUT2D eigenvalue weighted by Crippen LogP contribution is 2.37. The molecule has 0 spiro atoms. The van der Waals surface area contributed by atoms with Crippen molar-refractivity contribution in [2.75, 3.05) is 12.8 Å². The zero-order valence-electron chi connectivity index (χ0n) is 7.98. The maximum absolute atomic E-state index is 12.4. The van der Waals surface area contributed by atoms with E-state index in [-0.39, 0.29) is 0 Å². The molecule has 8 heteroatoms. The lowest BCUT2D eigenvalue weighted by molar-refractivity contribution is -0.140. The Hall–Kier alpha value is -1.60. The molecular formula is C8H7F5N2O. The number of rotatable bonds is 2. The highest BCUT2D eigenvalue weighted by molar-refractivity contribution is 5.50. The lowest BCUT2D eigenvalue weighted by atomic mass is 10.2. The summed E-state index contributed by atoms with van der Waals surface area (Å²) in [6.45, 7) is 0. The molecular weight excluding hydrogens is 235 g/mol. The summed E-state index contributed by atoms with van der Waals surface area (Å²) in [5.41, 5.74) is 1.93. The first-order valence-electron chi connectivity index (χ1n) is 3.97. The Balaban J connectivity index is 3.37. The third-order valence-electron chi connectivity index (χ3n) is 1.74. The number of halogens is 5. The monoisotopic (exact) mass is 242 g/mol. The summed E-state index contributed by atoms with van der Waals surface area (Å²) in [7, 11) is 0.949. The third-order valence-corrected chi connectivity index (χ3v) is 1.74. The van der Waals surface area contributed by atoms with Crippen molar-refractivity contribution in [3.8, 4) is 5.88 Å². The van der Waals surface area contributed by atoms with Crippen LogP contribution in [0.25, 0.3) is 0 Å². The zero-order chi connectivity index (χ0) is 12.5. The van der Waals surface area contributed by atoms with E-state index < -0.39 is 35.4 Å². The molecule has 2 N–H and O–H groups in total. The van der Waals surface area contributed by atoms with Crippen LogP contribution in [0.15, 0.2) is 6.07 Å². The SMILES string of the molecule is COc1nc(C(F)(F)F)c(N)cc1C(F)F. The highest BCUT2D eigenvalue weighted by Gasteiger charge is 2.36. The smallest absolute Gasteiger partial charge is 0.435 e. The van der Waals surface area contributed by atoms with Gasteiger partial charge >= 0.3 is 6.18 Å². The molecule has 0 unspecified atom stereocenters. The lowest BCUT2D eigenvalue weighted by Gasteiger charge is -2.13. The minimum atomic E-state index is -4.81. The molecule has 3 nitrogen and oxygen atoms in total. The molecule has 1 aromatic rings. The third kappa shape index (κ3) is 2.31. The van der Waals surface area contributed by atoms with E-state index in [0.717, 1.165) is 7.11 Å². The topological polar surface area (TPSA) is 48.1 Å². The van der Waals surface area contributed by atoms with Gasteiger partial charge in [0.2, 0.25) is 5.88 Å². The molecule has 16 heavy (non-hydrogen) atoms. The van der Waals surface area contributed by atoms with Crippen LogP contribution in [0.4, 0.5) is 27.6 Å². The van der Waals surface area contributed by atoms with E-state index in [1.54, 1.807) is 0 Å². The van der Waals surface area contributed by atoms with Crippen LogP contribution in [0.1, 0.15) is 17.7 Å². The number of alkyl halides is 5. The van der Waals surface area contributed by atoms with Crippen LogP contribution < -0.4 is 10.5 Å². The van der Waals surface area contributed by atoms with Gasteiger partial charge in [0.25, 0.3) is 6.43 Å². The average molecular weight is 242 g/mol.